The molecule has 0 spiro atoms. The van der Waals surface area contributed by atoms with E-state index in [1.165, 1.54) is 31.5 Å². The van der Waals surface area contributed by atoms with E-state index in [0.29, 0.717) is 12.2 Å². The molecule has 0 unspecified atom stereocenters. The summed E-state index contributed by atoms with van der Waals surface area (Å²) in [6.07, 6.45) is 7.14. The number of hydrogen-bond acceptors (Lipinski definition) is 4. The Morgan fingerprint density at radius 1 is 1.19 bits per heavy atom. The molecule has 2 atom stereocenters. The standard InChI is InChI=1S/C17H27N3O/c1-14-11-20(12-15(2)21-14)17-5-8-19(9-6-17)13-16-4-3-7-18-10-16/h3-4,7,10,14-15,17H,5-6,8-9,11-13H2,1-2H3/t14-,15-/m1/s1. The van der Waals surface area contributed by atoms with E-state index in [4.69, 9.17) is 4.74 Å². The monoisotopic (exact) mass is 289 g/mol. The quantitative estimate of drug-likeness (QED) is 0.852. The number of hydrogen-bond donors (Lipinski definition) is 0. The maximum Gasteiger partial charge on any atom is 0.0678 e. The molecule has 1 aromatic rings. The molecule has 2 saturated heterocycles. The third-order valence-electron chi connectivity index (χ3n) is 4.65. The van der Waals surface area contributed by atoms with Crippen LogP contribution < -0.4 is 0 Å². The lowest BCUT2D eigenvalue weighted by Gasteiger charge is -2.43. The van der Waals surface area contributed by atoms with Crippen LogP contribution in [0, 0.1) is 0 Å². The minimum Gasteiger partial charge on any atom is -0.373 e. The van der Waals surface area contributed by atoms with Gasteiger partial charge < -0.3 is 4.74 Å². The van der Waals surface area contributed by atoms with E-state index in [-0.39, 0.29) is 0 Å². The smallest absolute Gasteiger partial charge is 0.0678 e. The van der Waals surface area contributed by atoms with Gasteiger partial charge in [-0.05, 0) is 51.4 Å². The molecule has 4 heteroatoms. The zero-order chi connectivity index (χ0) is 14.7. The van der Waals surface area contributed by atoms with Gasteiger partial charge in [0.1, 0.15) is 0 Å². The van der Waals surface area contributed by atoms with Gasteiger partial charge in [-0.1, -0.05) is 6.07 Å². The van der Waals surface area contributed by atoms with Gasteiger partial charge in [0.15, 0.2) is 0 Å². The van der Waals surface area contributed by atoms with Crippen LogP contribution in [0.3, 0.4) is 0 Å². The minimum absolute atomic E-state index is 0.377. The first kappa shape index (κ1) is 14.9. The molecule has 3 rings (SSSR count). The summed E-state index contributed by atoms with van der Waals surface area (Å²) in [6, 6.07) is 4.94. The van der Waals surface area contributed by atoms with Crippen molar-refractivity contribution >= 4 is 0 Å². The Balaban J connectivity index is 1.48. The maximum atomic E-state index is 5.85. The summed E-state index contributed by atoms with van der Waals surface area (Å²) in [7, 11) is 0. The van der Waals surface area contributed by atoms with E-state index >= 15 is 0 Å². The van der Waals surface area contributed by atoms with Crippen LogP contribution in [-0.4, -0.2) is 59.2 Å². The van der Waals surface area contributed by atoms with E-state index < -0.39 is 0 Å². The van der Waals surface area contributed by atoms with Gasteiger partial charge in [0, 0.05) is 38.1 Å². The fourth-order valence-electron chi connectivity index (χ4n) is 3.71. The second kappa shape index (κ2) is 6.86. The first-order valence-electron chi connectivity index (χ1n) is 8.21. The molecule has 0 aromatic carbocycles. The average Bonchev–Trinajstić information content (AvgIpc) is 2.48. The summed E-state index contributed by atoms with van der Waals surface area (Å²) >= 11 is 0. The average molecular weight is 289 g/mol. The first-order chi connectivity index (χ1) is 10.2. The molecule has 0 saturated carbocycles. The van der Waals surface area contributed by atoms with Crippen LogP contribution in [0.1, 0.15) is 32.3 Å². The third kappa shape index (κ3) is 4.02. The highest BCUT2D eigenvalue weighted by atomic mass is 16.5. The van der Waals surface area contributed by atoms with Crippen molar-refractivity contribution in [1.29, 1.82) is 0 Å². The highest BCUT2D eigenvalue weighted by Crippen LogP contribution is 2.22. The van der Waals surface area contributed by atoms with Gasteiger partial charge >= 0.3 is 0 Å². The number of rotatable bonds is 3. The second-order valence-corrected chi connectivity index (χ2v) is 6.58. The third-order valence-corrected chi connectivity index (χ3v) is 4.65. The number of aromatic nitrogens is 1. The Morgan fingerprint density at radius 2 is 1.90 bits per heavy atom. The predicted octanol–water partition coefficient (Wildman–Crippen LogP) is 2.16. The van der Waals surface area contributed by atoms with Crippen molar-refractivity contribution < 1.29 is 4.74 Å². The molecule has 0 amide bonds. The van der Waals surface area contributed by atoms with Gasteiger partial charge in [0.2, 0.25) is 0 Å². The molecule has 0 aliphatic carbocycles. The normalized spacial score (nSPS) is 29.6. The molecule has 21 heavy (non-hydrogen) atoms. The Hall–Kier alpha value is -0.970. The van der Waals surface area contributed by atoms with Gasteiger partial charge in [-0.2, -0.15) is 0 Å². The number of likely N-dealkylation sites (tertiary alicyclic amines) is 1. The summed E-state index contributed by atoms with van der Waals surface area (Å²) in [4.78, 5) is 9.42. The number of piperidine rings is 1. The van der Waals surface area contributed by atoms with Crippen LogP contribution in [-0.2, 0) is 11.3 Å². The van der Waals surface area contributed by atoms with Gasteiger partial charge in [-0.25, -0.2) is 0 Å². The number of morpholine rings is 1. The summed E-state index contributed by atoms with van der Waals surface area (Å²) in [6.45, 7) is 10.0. The first-order valence-corrected chi connectivity index (χ1v) is 8.21. The van der Waals surface area contributed by atoms with Crippen LogP contribution in [0.15, 0.2) is 24.5 Å². The van der Waals surface area contributed by atoms with Gasteiger partial charge in [0.05, 0.1) is 12.2 Å². The number of pyridine rings is 1. The van der Waals surface area contributed by atoms with Crippen molar-refractivity contribution in [3.8, 4) is 0 Å². The largest absolute Gasteiger partial charge is 0.373 e. The molecule has 4 nitrogen and oxygen atoms in total. The molecule has 0 N–H and O–H groups in total. The van der Waals surface area contributed by atoms with Crippen molar-refractivity contribution in [2.75, 3.05) is 26.2 Å². The van der Waals surface area contributed by atoms with E-state index in [2.05, 4.69) is 34.7 Å². The van der Waals surface area contributed by atoms with E-state index in [1.807, 2.05) is 18.5 Å². The van der Waals surface area contributed by atoms with E-state index in [9.17, 15) is 0 Å². The molecule has 116 valence electrons. The van der Waals surface area contributed by atoms with Crippen molar-refractivity contribution in [1.82, 2.24) is 14.8 Å². The molecular weight excluding hydrogens is 262 g/mol. The molecule has 0 bridgehead atoms. The zero-order valence-corrected chi connectivity index (χ0v) is 13.2. The Morgan fingerprint density at radius 3 is 2.52 bits per heavy atom. The summed E-state index contributed by atoms with van der Waals surface area (Å²) in [5.74, 6) is 0. The van der Waals surface area contributed by atoms with Crippen molar-refractivity contribution in [2.45, 2.75) is 51.5 Å². The fraction of sp³-hybridized carbons (Fsp3) is 0.706. The molecule has 1 aromatic heterocycles. The SMILES string of the molecule is C[C@@H]1CN(C2CCN(Cc3cccnc3)CC2)C[C@@H](C)O1. The number of ether oxygens (including phenoxy) is 1. The van der Waals surface area contributed by atoms with Gasteiger partial charge in [-0.15, -0.1) is 0 Å². The van der Waals surface area contributed by atoms with Crippen LogP contribution in [0.25, 0.3) is 0 Å². The van der Waals surface area contributed by atoms with Crippen molar-refractivity contribution in [3.05, 3.63) is 30.1 Å². The predicted molar refractivity (Wildman–Crippen MR) is 84.1 cm³/mol. The van der Waals surface area contributed by atoms with Crippen LogP contribution in [0.4, 0.5) is 0 Å². The molecule has 2 aliphatic rings. The summed E-state index contributed by atoms with van der Waals surface area (Å²) < 4.78 is 5.85. The van der Waals surface area contributed by atoms with E-state index in [0.717, 1.165) is 25.7 Å². The lowest BCUT2D eigenvalue weighted by molar-refractivity contribution is -0.0865. The molecule has 3 heterocycles. The Bertz CT molecular complexity index is 421. The van der Waals surface area contributed by atoms with E-state index in [1.54, 1.807) is 0 Å². The summed E-state index contributed by atoms with van der Waals surface area (Å²) in [5.41, 5.74) is 1.32. The van der Waals surface area contributed by atoms with Crippen LogP contribution in [0.5, 0.6) is 0 Å². The maximum absolute atomic E-state index is 5.85. The fourth-order valence-corrected chi connectivity index (χ4v) is 3.71. The molecule has 2 aliphatic heterocycles. The van der Waals surface area contributed by atoms with Crippen LogP contribution >= 0.6 is 0 Å². The summed E-state index contributed by atoms with van der Waals surface area (Å²) in [5, 5.41) is 0. The van der Waals surface area contributed by atoms with Gasteiger partial charge in [-0.3, -0.25) is 14.8 Å². The van der Waals surface area contributed by atoms with Crippen LogP contribution in [0.2, 0.25) is 0 Å². The molecular formula is C17H27N3O. The molecule has 2 fully saturated rings. The topological polar surface area (TPSA) is 28.6 Å². The highest BCUT2D eigenvalue weighted by Gasteiger charge is 2.30. The zero-order valence-electron chi connectivity index (χ0n) is 13.2. The number of nitrogens with zero attached hydrogens (tertiary/aromatic N) is 3. The van der Waals surface area contributed by atoms with Crippen molar-refractivity contribution in [3.63, 3.8) is 0 Å². The Labute approximate surface area is 128 Å². The Kier molecular flexibility index (Phi) is 4.88. The van der Waals surface area contributed by atoms with Crippen molar-refractivity contribution in [2.24, 2.45) is 0 Å². The molecule has 0 radical (unpaired) electrons. The minimum atomic E-state index is 0.377. The lowest BCUT2D eigenvalue weighted by atomic mass is 10.0. The second-order valence-electron chi connectivity index (χ2n) is 6.58. The lowest BCUT2D eigenvalue weighted by Crippen LogP contribution is -2.53. The van der Waals surface area contributed by atoms with Gasteiger partial charge in [0.25, 0.3) is 0 Å². The highest BCUT2D eigenvalue weighted by molar-refractivity contribution is 5.08.